The summed E-state index contributed by atoms with van der Waals surface area (Å²) in [5, 5.41) is 21.3. The fourth-order valence-electron chi connectivity index (χ4n) is 3.81. The molecule has 20 heteroatoms. The Morgan fingerprint density at radius 2 is 0.795 bits per heavy atom. The van der Waals surface area contributed by atoms with Crippen LogP contribution in [0.25, 0.3) is 0 Å². The minimum atomic E-state index is -4.80. The van der Waals surface area contributed by atoms with Crippen molar-refractivity contribution >= 4 is 41.8 Å². The summed E-state index contributed by atoms with van der Waals surface area (Å²) in [4.78, 5) is 76.7. The highest BCUT2D eigenvalue weighted by molar-refractivity contribution is 7.53. The molecule has 0 fully saturated rings. The summed E-state index contributed by atoms with van der Waals surface area (Å²) in [6.45, 7) is 2.83. The molecule has 220 valence electrons. The van der Waals surface area contributed by atoms with E-state index in [0.717, 1.165) is 9.80 Å². The molecule has 0 unspecified atom stereocenters. The molecule has 0 amide bonds. The number of hydrogen-bond donors (Lipinski definition) is 10. The van der Waals surface area contributed by atoms with Gasteiger partial charge in [0.2, 0.25) is 0 Å². The maximum absolute atomic E-state index is 11.6. The summed E-state index contributed by atoms with van der Waals surface area (Å²) in [6.07, 6.45) is -4.52. The normalized spacial score (nSPS) is 13.0. The first-order valence-corrected chi connectivity index (χ1v) is 18.0. The maximum Gasteiger partial charge on any atom is 0.344 e. The van der Waals surface area contributed by atoms with Crippen molar-refractivity contribution in [2.45, 2.75) is 20.3 Å². The van der Waals surface area contributed by atoms with E-state index in [1.807, 2.05) is 0 Å². The molecule has 10 N–H and O–H groups in total. The van der Waals surface area contributed by atoms with Gasteiger partial charge in [-0.3, -0.25) is 18.3 Å². The molecule has 2 aromatic carbocycles. The van der Waals surface area contributed by atoms with Crippen LogP contribution in [0.1, 0.15) is 22.3 Å². The largest absolute Gasteiger partial charge is 0.507 e. The van der Waals surface area contributed by atoms with Crippen molar-refractivity contribution in [1.29, 1.82) is 0 Å². The van der Waals surface area contributed by atoms with Crippen molar-refractivity contribution in [3.8, 4) is 11.5 Å². The molecule has 0 aromatic heterocycles. The molecule has 0 aliphatic heterocycles. The molecule has 2 rings (SSSR count). The number of hydrogen-bond acceptors (Lipinski definition) is 8. The molecule has 0 aliphatic rings. The van der Waals surface area contributed by atoms with E-state index in [-0.39, 0.29) is 51.5 Å². The molecule has 0 radical (unpaired) electrons. The number of phenols is 2. The van der Waals surface area contributed by atoms with E-state index in [1.54, 1.807) is 0 Å². The van der Waals surface area contributed by atoms with Crippen LogP contribution < -0.4 is 9.80 Å². The zero-order valence-corrected chi connectivity index (χ0v) is 24.2. The van der Waals surface area contributed by atoms with Gasteiger partial charge in [0.05, 0.1) is 0 Å². The Morgan fingerprint density at radius 3 is 1.03 bits per heavy atom. The van der Waals surface area contributed by atoms with E-state index in [0.29, 0.717) is 0 Å². The highest BCUT2D eigenvalue weighted by atomic mass is 31.2. The Balaban J connectivity index is 2.63. The van der Waals surface area contributed by atoms with Crippen LogP contribution in [0.2, 0.25) is 0 Å². The average molecular weight is 634 g/mol. The van der Waals surface area contributed by atoms with Crippen LogP contribution in [0.15, 0.2) is 24.3 Å². The number of rotatable bonds is 12. The average Bonchev–Trinajstić information content (AvgIpc) is 2.69. The summed E-state index contributed by atoms with van der Waals surface area (Å²) < 4.78 is 46.4. The summed E-state index contributed by atoms with van der Waals surface area (Å²) in [6, 6.07) is 4.87. The molecule has 0 saturated carbocycles. The molecule has 0 spiro atoms. The quantitative estimate of drug-likeness (QED) is 0.148. The highest BCUT2D eigenvalue weighted by Gasteiger charge is 2.29. The number of anilines is 2. The lowest BCUT2D eigenvalue weighted by Gasteiger charge is -2.27. The monoisotopic (exact) mass is 634 g/mol. The number of benzene rings is 2. The minimum absolute atomic E-state index is 0.0369. The van der Waals surface area contributed by atoms with Gasteiger partial charge in [0.1, 0.15) is 36.6 Å². The van der Waals surface area contributed by atoms with Crippen molar-refractivity contribution in [1.82, 2.24) is 0 Å². The van der Waals surface area contributed by atoms with Crippen LogP contribution in [0, 0.1) is 13.8 Å². The highest BCUT2D eigenvalue weighted by Crippen LogP contribution is 2.46. The SMILES string of the molecule is Cc1cc(N(CP(=O)(O)O)CP(=O)(O)O)cc(Cc2cc(N(CP(=O)(O)O)CP(=O)(O)O)cc(C)c2O)c1O. The molecule has 0 heterocycles. The molecule has 0 saturated heterocycles. The van der Waals surface area contributed by atoms with Crippen LogP contribution in [-0.2, 0) is 24.7 Å². The van der Waals surface area contributed by atoms with Crippen LogP contribution in [0.4, 0.5) is 11.4 Å². The number of aromatic hydroxyl groups is 2. The first-order chi connectivity index (χ1) is 17.4. The molecule has 0 bridgehead atoms. The molecule has 0 atom stereocenters. The van der Waals surface area contributed by atoms with Crippen LogP contribution >= 0.6 is 30.4 Å². The van der Waals surface area contributed by atoms with E-state index in [4.69, 9.17) is 0 Å². The lowest BCUT2D eigenvalue weighted by Crippen LogP contribution is -2.26. The topological polar surface area (TPSA) is 277 Å². The summed E-state index contributed by atoms with van der Waals surface area (Å²) in [7, 11) is -19.2. The van der Waals surface area contributed by atoms with E-state index >= 15 is 0 Å². The minimum Gasteiger partial charge on any atom is -0.507 e. The van der Waals surface area contributed by atoms with Crippen LogP contribution in [-0.4, -0.2) is 74.5 Å². The Kier molecular flexibility index (Phi) is 10.3. The predicted octanol–water partition coefficient (Wildman–Crippen LogP) is 1.46. The predicted molar refractivity (Wildman–Crippen MR) is 141 cm³/mol. The van der Waals surface area contributed by atoms with Gasteiger partial charge in [-0.15, -0.1) is 0 Å². The summed E-state index contributed by atoms with van der Waals surface area (Å²) in [5.74, 6) is -0.647. The van der Waals surface area contributed by atoms with Gasteiger partial charge in [0.15, 0.2) is 0 Å². The van der Waals surface area contributed by atoms with Gasteiger partial charge in [-0.2, -0.15) is 0 Å². The van der Waals surface area contributed by atoms with Gasteiger partial charge in [-0.1, -0.05) is 0 Å². The molecular formula is C19H30N2O14P4. The second-order valence-electron chi connectivity index (χ2n) is 9.02. The lowest BCUT2D eigenvalue weighted by atomic mass is 9.97. The van der Waals surface area contributed by atoms with Crippen LogP contribution in [0.5, 0.6) is 11.5 Å². The van der Waals surface area contributed by atoms with E-state index in [9.17, 15) is 67.6 Å². The molecule has 0 aliphatic carbocycles. The third-order valence-electron chi connectivity index (χ3n) is 5.26. The van der Waals surface area contributed by atoms with Crippen molar-refractivity contribution in [3.63, 3.8) is 0 Å². The number of phenolic OH excluding ortho intramolecular Hbond substituents is 2. The van der Waals surface area contributed by atoms with Crippen LogP contribution in [0.3, 0.4) is 0 Å². The maximum atomic E-state index is 11.6. The number of aryl methyl sites for hydroxylation is 2. The van der Waals surface area contributed by atoms with Gasteiger partial charge in [-0.25, -0.2) is 0 Å². The number of nitrogens with zero attached hydrogens (tertiary/aromatic N) is 2. The summed E-state index contributed by atoms with van der Waals surface area (Å²) >= 11 is 0. The lowest BCUT2D eigenvalue weighted by molar-refractivity contribution is 0.362. The molecule has 2 aromatic rings. The first-order valence-electron chi connectivity index (χ1n) is 10.8. The molecule has 39 heavy (non-hydrogen) atoms. The van der Waals surface area contributed by atoms with Crippen molar-refractivity contribution in [2.75, 3.05) is 34.9 Å². The van der Waals surface area contributed by atoms with E-state index < -0.39 is 55.5 Å². The Morgan fingerprint density at radius 1 is 0.538 bits per heavy atom. The van der Waals surface area contributed by atoms with Gasteiger partial charge in [0, 0.05) is 28.9 Å². The van der Waals surface area contributed by atoms with Gasteiger partial charge < -0.3 is 59.2 Å². The Bertz CT molecular complexity index is 1260. The first kappa shape index (κ1) is 33.4. The Hall–Kier alpha value is -1.76. The molecule has 16 nitrogen and oxygen atoms in total. The standard InChI is InChI=1S/C19H30N2O14P4/c1-12-3-16(20(8-36(24,25)26)9-37(27,28)29)6-14(18(12)22)5-15-7-17(4-13(2)19(15)23)21(10-38(30,31)32)11-39(33,34)35/h3-4,6-7,22-23H,5,8-11H2,1-2H3,(H2,24,25,26)(H2,27,28,29)(H2,30,31,32)(H2,33,34,35). The Labute approximate surface area is 222 Å². The zero-order chi connectivity index (χ0) is 30.1. The smallest absolute Gasteiger partial charge is 0.344 e. The van der Waals surface area contributed by atoms with Gasteiger partial charge >= 0.3 is 30.4 Å². The zero-order valence-electron chi connectivity index (χ0n) is 20.6. The van der Waals surface area contributed by atoms with Crippen molar-refractivity contribution < 1.29 is 67.6 Å². The van der Waals surface area contributed by atoms with Gasteiger partial charge in [0.25, 0.3) is 0 Å². The third kappa shape index (κ3) is 11.0. The fraction of sp³-hybridized carbons (Fsp3) is 0.368. The van der Waals surface area contributed by atoms with Gasteiger partial charge in [-0.05, 0) is 49.2 Å². The van der Waals surface area contributed by atoms with Crippen molar-refractivity contribution in [3.05, 3.63) is 46.5 Å². The second kappa shape index (κ2) is 12.0. The van der Waals surface area contributed by atoms with E-state index in [1.165, 1.54) is 38.1 Å². The van der Waals surface area contributed by atoms with Crippen molar-refractivity contribution in [2.24, 2.45) is 0 Å². The van der Waals surface area contributed by atoms with E-state index in [2.05, 4.69) is 0 Å². The summed E-state index contributed by atoms with van der Waals surface area (Å²) in [5.41, 5.74) is 0.249. The molecular weight excluding hydrogens is 604 g/mol. The second-order valence-corrected chi connectivity index (χ2v) is 15.5. The fourth-order valence-corrected chi connectivity index (χ4v) is 6.96. The third-order valence-corrected chi connectivity index (χ3v) is 8.10.